The summed E-state index contributed by atoms with van der Waals surface area (Å²) in [6, 6.07) is 0. The molecular formula is C11H17N3OS. The van der Waals surface area contributed by atoms with Gasteiger partial charge in [-0.1, -0.05) is 0 Å². The number of hydrogen-bond donors (Lipinski definition) is 1. The van der Waals surface area contributed by atoms with Crippen LogP contribution < -0.4 is 5.32 Å². The van der Waals surface area contributed by atoms with Crippen molar-refractivity contribution in [1.82, 2.24) is 15.3 Å². The van der Waals surface area contributed by atoms with E-state index in [9.17, 15) is 4.21 Å². The molecule has 0 aliphatic carbocycles. The number of nitrogens with one attached hydrogen (secondary N) is 1. The fraction of sp³-hybridized carbons (Fsp3) is 0.636. The van der Waals surface area contributed by atoms with Crippen LogP contribution in [0.15, 0.2) is 17.4 Å². The Morgan fingerprint density at radius 1 is 1.50 bits per heavy atom. The summed E-state index contributed by atoms with van der Waals surface area (Å²) in [7, 11) is -1.01. The number of aryl methyl sites for hydroxylation is 1. The summed E-state index contributed by atoms with van der Waals surface area (Å²) in [5.74, 6) is 1.21. The van der Waals surface area contributed by atoms with Gasteiger partial charge in [0.05, 0.1) is 16.5 Å². The van der Waals surface area contributed by atoms with Crippen LogP contribution in [0.25, 0.3) is 0 Å². The van der Waals surface area contributed by atoms with E-state index in [0.29, 0.717) is 16.7 Å². The van der Waals surface area contributed by atoms with Crippen LogP contribution in [0.2, 0.25) is 0 Å². The van der Waals surface area contributed by atoms with Gasteiger partial charge in [-0.15, -0.1) is 0 Å². The third-order valence-corrected chi connectivity index (χ3v) is 4.44. The maximum atomic E-state index is 12.1. The standard InChI is InChI=1S/C11H17N3OS/c1-9-11(14-6-5-13-9)16(15)8-10-3-2-4-12-7-10/h5-6,10,12H,2-4,7-8H2,1H3/t10-,16+/m1/s1. The van der Waals surface area contributed by atoms with Crippen molar-refractivity contribution in [3.05, 3.63) is 18.1 Å². The highest BCUT2D eigenvalue weighted by atomic mass is 32.2. The van der Waals surface area contributed by atoms with Crippen molar-refractivity contribution in [2.75, 3.05) is 18.8 Å². The van der Waals surface area contributed by atoms with Crippen LogP contribution in [-0.2, 0) is 10.8 Å². The molecule has 0 bridgehead atoms. The monoisotopic (exact) mass is 239 g/mol. The van der Waals surface area contributed by atoms with Gasteiger partial charge < -0.3 is 5.32 Å². The molecule has 2 heterocycles. The average molecular weight is 239 g/mol. The predicted molar refractivity (Wildman–Crippen MR) is 63.6 cm³/mol. The van der Waals surface area contributed by atoms with Crippen LogP contribution in [0.4, 0.5) is 0 Å². The molecule has 1 aromatic rings. The fourth-order valence-electron chi connectivity index (χ4n) is 1.98. The third kappa shape index (κ3) is 2.86. The topological polar surface area (TPSA) is 54.9 Å². The minimum absolute atomic E-state index is 0.510. The van der Waals surface area contributed by atoms with E-state index in [0.717, 1.165) is 25.2 Å². The van der Waals surface area contributed by atoms with Crippen molar-refractivity contribution in [3.63, 3.8) is 0 Å². The molecule has 0 aromatic carbocycles. The van der Waals surface area contributed by atoms with E-state index < -0.39 is 10.8 Å². The van der Waals surface area contributed by atoms with Gasteiger partial charge in [-0.2, -0.15) is 0 Å². The second-order valence-corrected chi connectivity index (χ2v) is 5.58. The molecule has 16 heavy (non-hydrogen) atoms. The van der Waals surface area contributed by atoms with Crippen molar-refractivity contribution in [2.24, 2.45) is 5.92 Å². The van der Waals surface area contributed by atoms with Crippen LogP contribution in [0, 0.1) is 12.8 Å². The zero-order chi connectivity index (χ0) is 11.4. The van der Waals surface area contributed by atoms with Crippen molar-refractivity contribution in [2.45, 2.75) is 24.8 Å². The average Bonchev–Trinajstić information content (AvgIpc) is 2.31. The minimum Gasteiger partial charge on any atom is -0.316 e. The molecule has 88 valence electrons. The van der Waals surface area contributed by atoms with Gasteiger partial charge in [-0.3, -0.25) is 9.19 Å². The van der Waals surface area contributed by atoms with Crippen molar-refractivity contribution in [3.8, 4) is 0 Å². The lowest BCUT2D eigenvalue weighted by molar-refractivity contribution is 0.407. The zero-order valence-electron chi connectivity index (χ0n) is 9.48. The summed E-state index contributed by atoms with van der Waals surface area (Å²) < 4.78 is 12.1. The van der Waals surface area contributed by atoms with E-state index in [2.05, 4.69) is 15.3 Å². The summed E-state index contributed by atoms with van der Waals surface area (Å²) in [4.78, 5) is 8.28. The van der Waals surface area contributed by atoms with Crippen molar-refractivity contribution >= 4 is 10.8 Å². The van der Waals surface area contributed by atoms with Gasteiger partial charge in [0.25, 0.3) is 0 Å². The van der Waals surface area contributed by atoms with E-state index in [1.807, 2.05) is 6.92 Å². The van der Waals surface area contributed by atoms with Gasteiger partial charge >= 0.3 is 0 Å². The summed E-state index contributed by atoms with van der Waals surface area (Å²) in [6.45, 7) is 3.93. The van der Waals surface area contributed by atoms with Gasteiger partial charge in [0, 0.05) is 18.1 Å². The van der Waals surface area contributed by atoms with Gasteiger partial charge in [0.15, 0.2) is 0 Å². The smallest absolute Gasteiger partial charge is 0.148 e. The van der Waals surface area contributed by atoms with E-state index in [-0.39, 0.29) is 0 Å². The molecule has 5 heteroatoms. The molecule has 0 radical (unpaired) electrons. The molecule has 1 saturated heterocycles. The van der Waals surface area contributed by atoms with Crippen LogP contribution in [-0.4, -0.2) is 33.0 Å². The second-order valence-electron chi connectivity index (χ2n) is 4.17. The van der Waals surface area contributed by atoms with Gasteiger partial charge in [-0.05, 0) is 38.8 Å². The van der Waals surface area contributed by atoms with Crippen LogP contribution in [0.1, 0.15) is 18.5 Å². The highest BCUT2D eigenvalue weighted by Gasteiger charge is 2.18. The molecule has 4 nitrogen and oxygen atoms in total. The minimum atomic E-state index is -1.01. The third-order valence-electron chi connectivity index (χ3n) is 2.84. The maximum Gasteiger partial charge on any atom is 0.148 e. The highest BCUT2D eigenvalue weighted by Crippen LogP contribution is 2.15. The van der Waals surface area contributed by atoms with Gasteiger partial charge in [0.2, 0.25) is 0 Å². The Labute approximate surface area is 98.3 Å². The molecule has 1 fully saturated rings. The molecule has 0 unspecified atom stereocenters. The van der Waals surface area contributed by atoms with E-state index >= 15 is 0 Å². The number of hydrogen-bond acceptors (Lipinski definition) is 4. The van der Waals surface area contributed by atoms with Crippen LogP contribution in [0.5, 0.6) is 0 Å². The maximum absolute atomic E-state index is 12.1. The van der Waals surface area contributed by atoms with Gasteiger partial charge in [-0.25, -0.2) is 4.98 Å². The first-order valence-electron chi connectivity index (χ1n) is 5.64. The van der Waals surface area contributed by atoms with Crippen molar-refractivity contribution in [1.29, 1.82) is 0 Å². The lowest BCUT2D eigenvalue weighted by Gasteiger charge is -2.22. The zero-order valence-corrected chi connectivity index (χ0v) is 10.3. The fourth-order valence-corrected chi connectivity index (χ4v) is 3.41. The lowest BCUT2D eigenvalue weighted by atomic mass is 10.0. The van der Waals surface area contributed by atoms with Crippen molar-refractivity contribution < 1.29 is 4.21 Å². The number of rotatable bonds is 3. The first-order chi connectivity index (χ1) is 7.77. The van der Waals surface area contributed by atoms with Crippen LogP contribution >= 0.6 is 0 Å². The van der Waals surface area contributed by atoms with Gasteiger partial charge in [0.1, 0.15) is 5.03 Å². The number of piperidine rings is 1. The Hall–Kier alpha value is -0.810. The number of aromatic nitrogens is 2. The molecule has 0 spiro atoms. The molecule has 0 amide bonds. The first-order valence-corrected chi connectivity index (χ1v) is 6.96. The summed E-state index contributed by atoms with van der Waals surface area (Å²) in [5.41, 5.74) is 0.782. The largest absolute Gasteiger partial charge is 0.316 e. The predicted octanol–water partition coefficient (Wildman–Crippen LogP) is 0.892. The Morgan fingerprint density at radius 2 is 2.31 bits per heavy atom. The second kappa shape index (κ2) is 5.50. The SMILES string of the molecule is Cc1nccnc1[S@@](=O)C[C@@H]1CCCNC1. The summed E-state index contributed by atoms with van der Waals surface area (Å²) >= 11 is 0. The van der Waals surface area contributed by atoms with E-state index in [1.165, 1.54) is 6.42 Å². The highest BCUT2D eigenvalue weighted by molar-refractivity contribution is 7.85. The molecule has 1 N–H and O–H groups in total. The molecule has 1 aromatic heterocycles. The van der Waals surface area contributed by atoms with E-state index in [1.54, 1.807) is 12.4 Å². The molecule has 1 aliphatic rings. The summed E-state index contributed by atoms with van der Waals surface area (Å²) in [5, 5.41) is 3.98. The Bertz CT molecular complexity index is 377. The molecule has 1 aliphatic heterocycles. The first kappa shape index (κ1) is 11.7. The summed E-state index contributed by atoms with van der Waals surface area (Å²) in [6.07, 6.45) is 5.59. The Kier molecular flexibility index (Phi) is 4.01. The quantitative estimate of drug-likeness (QED) is 0.851. The molecular weight excluding hydrogens is 222 g/mol. The molecule has 2 atom stereocenters. The molecule has 0 saturated carbocycles. The lowest BCUT2D eigenvalue weighted by Crippen LogP contribution is -2.32. The van der Waals surface area contributed by atoms with E-state index in [4.69, 9.17) is 0 Å². The Balaban J connectivity index is 2.00. The molecule has 2 rings (SSSR count). The normalized spacial score (nSPS) is 22.9. The number of nitrogens with zero attached hydrogens (tertiary/aromatic N) is 2. The van der Waals surface area contributed by atoms with Crippen LogP contribution in [0.3, 0.4) is 0 Å². The Morgan fingerprint density at radius 3 is 3.00 bits per heavy atom.